The van der Waals surface area contributed by atoms with Gasteiger partial charge in [0, 0.05) is 15.4 Å². The number of halogens is 2. The summed E-state index contributed by atoms with van der Waals surface area (Å²) in [5.74, 6) is 0.809. The predicted molar refractivity (Wildman–Crippen MR) is 137 cm³/mol. The summed E-state index contributed by atoms with van der Waals surface area (Å²) < 4.78 is 12.4. The number of hydrogen-bond donors (Lipinski definition) is 1. The van der Waals surface area contributed by atoms with E-state index in [1.165, 1.54) is 0 Å². The lowest BCUT2D eigenvalue weighted by atomic mass is 10.0. The molecule has 4 rings (SSSR count). The first-order valence-electron chi connectivity index (χ1n) is 9.91. The second-order valence-electron chi connectivity index (χ2n) is 7.02. The summed E-state index contributed by atoms with van der Waals surface area (Å²) in [6.45, 7) is 0. The smallest absolute Gasteiger partial charge is 0.272 e. The molecular formula is C25H19Br2N3O3. The molecule has 0 fully saturated rings. The zero-order valence-corrected chi connectivity index (χ0v) is 21.0. The molecule has 0 saturated heterocycles. The summed E-state index contributed by atoms with van der Waals surface area (Å²) in [5.41, 5.74) is 6.20. The average molecular weight is 569 g/mol. The van der Waals surface area contributed by atoms with Crippen molar-refractivity contribution in [2.24, 2.45) is 5.10 Å². The number of carbonyl (C=O) groups excluding carboxylic acids is 1. The minimum Gasteiger partial charge on any atom is -0.493 e. The van der Waals surface area contributed by atoms with Gasteiger partial charge in [-0.15, -0.1) is 0 Å². The Kier molecular flexibility index (Phi) is 7.05. The highest BCUT2D eigenvalue weighted by Gasteiger charge is 2.14. The number of methoxy groups -OCH3 is 2. The summed E-state index contributed by atoms with van der Waals surface area (Å²) in [4.78, 5) is 17.8. The fraction of sp³-hybridized carbons (Fsp3) is 0.0800. The summed E-state index contributed by atoms with van der Waals surface area (Å²) in [5, 5.41) is 4.89. The van der Waals surface area contributed by atoms with E-state index >= 15 is 0 Å². The van der Waals surface area contributed by atoms with Gasteiger partial charge in [-0.25, -0.2) is 10.4 Å². The van der Waals surface area contributed by atoms with Crippen molar-refractivity contribution >= 4 is 54.9 Å². The molecule has 0 aliphatic rings. The van der Waals surface area contributed by atoms with Crippen LogP contribution in [0.1, 0.15) is 15.9 Å². The largest absolute Gasteiger partial charge is 0.493 e. The molecule has 0 radical (unpaired) electrons. The highest BCUT2D eigenvalue weighted by molar-refractivity contribution is 9.10. The van der Waals surface area contributed by atoms with Gasteiger partial charge >= 0.3 is 0 Å². The van der Waals surface area contributed by atoms with Crippen LogP contribution in [0.3, 0.4) is 0 Å². The summed E-state index contributed by atoms with van der Waals surface area (Å²) in [6, 6.07) is 20.7. The van der Waals surface area contributed by atoms with Gasteiger partial charge in [0.2, 0.25) is 0 Å². The molecule has 1 amide bonds. The molecule has 0 saturated carbocycles. The molecule has 33 heavy (non-hydrogen) atoms. The molecule has 0 unspecified atom stereocenters. The lowest BCUT2D eigenvalue weighted by Gasteiger charge is -2.10. The van der Waals surface area contributed by atoms with Crippen LogP contribution >= 0.6 is 31.9 Å². The van der Waals surface area contributed by atoms with Crippen LogP contribution < -0.4 is 14.9 Å². The fourth-order valence-electron chi connectivity index (χ4n) is 3.37. The number of amides is 1. The minimum absolute atomic E-state index is 0.331. The first-order chi connectivity index (χ1) is 16.0. The van der Waals surface area contributed by atoms with Gasteiger partial charge in [0.25, 0.3) is 5.91 Å². The van der Waals surface area contributed by atoms with Crippen molar-refractivity contribution in [2.45, 2.75) is 0 Å². The summed E-state index contributed by atoms with van der Waals surface area (Å²) in [7, 11) is 3.13. The number of rotatable bonds is 6. The van der Waals surface area contributed by atoms with Crippen molar-refractivity contribution in [1.82, 2.24) is 10.4 Å². The third kappa shape index (κ3) is 5.07. The van der Waals surface area contributed by atoms with Crippen molar-refractivity contribution in [3.63, 3.8) is 0 Å². The molecule has 6 nitrogen and oxygen atoms in total. The van der Waals surface area contributed by atoms with E-state index in [9.17, 15) is 4.79 Å². The van der Waals surface area contributed by atoms with Crippen molar-refractivity contribution in [3.8, 4) is 22.8 Å². The molecule has 0 aliphatic heterocycles. The number of aromatic nitrogens is 1. The number of para-hydroxylation sites is 1. The molecule has 166 valence electrons. The van der Waals surface area contributed by atoms with Gasteiger partial charge in [-0.1, -0.05) is 46.3 Å². The van der Waals surface area contributed by atoms with E-state index < -0.39 is 0 Å². The van der Waals surface area contributed by atoms with Crippen LogP contribution in [-0.4, -0.2) is 31.3 Å². The van der Waals surface area contributed by atoms with E-state index in [1.807, 2.05) is 54.6 Å². The topological polar surface area (TPSA) is 72.8 Å². The maximum absolute atomic E-state index is 13.1. The minimum atomic E-state index is -0.331. The Balaban J connectivity index is 1.64. The predicted octanol–water partition coefficient (Wildman–Crippen LogP) is 6.21. The van der Waals surface area contributed by atoms with E-state index in [2.05, 4.69) is 42.4 Å². The second-order valence-corrected chi connectivity index (χ2v) is 8.79. The first kappa shape index (κ1) is 22.9. The Morgan fingerprint density at radius 2 is 1.76 bits per heavy atom. The average Bonchev–Trinajstić information content (AvgIpc) is 2.83. The van der Waals surface area contributed by atoms with Crippen LogP contribution in [0.15, 0.2) is 80.8 Å². The molecule has 0 bridgehead atoms. The molecule has 1 N–H and O–H groups in total. The van der Waals surface area contributed by atoms with Crippen LogP contribution in [0.25, 0.3) is 22.2 Å². The normalized spacial score (nSPS) is 11.0. The number of pyridine rings is 1. The Morgan fingerprint density at radius 1 is 1.00 bits per heavy atom. The van der Waals surface area contributed by atoms with Crippen LogP contribution in [0.5, 0.6) is 11.5 Å². The monoisotopic (exact) mass is 567 g/mol. The molecule has 3 aromatic carbocycles. The van der Waals surface area contributed by atoms with Gasteiger partial charge < -0.3 is 9.47 Å². The number of nitrogens with one attached hydrogen (secondary N) is 1. The van der Waals surface area contributed by atoms with Crippen LogP contribution in [0.2, 0.25) is 0 Å². The number of benzene rings is 3. The standard InChI is InChI=1S/C25H19Br2N3O3/c1-32-23-12-15(11-20(27)24(23)33-2)14-28-30-25(31)19-13-22(16-7-9-17(26)10-8-16)29-21-6-4-3-5-18(19)21/h3-14H,1-2H3,(H,30,31)/b28-14-. The number of carbonyl (C=O) groups is 1. The quantitative estimate of drug-likeness (QED) is 0.222. The van der Waals surface area contributed by atoms with Crippen molar-refractivity contribution in [1.29, 1.82) is 0 Å². The molecule has 0 aliphatic carbocycles. The molecule has 0 atom stereocenters. The number of hydrazone groups is 1. The zero-order chi connectivity index (χ0) is 23.4. The Morgan fingerprint density at radius 3 is 2.48 bits per heavy atom. The zero-order valence-electron chi connectivity index (χ0n) is 17.8. The van der Waals surface area contributed by atoms with Gasteiger partial charge in [0.1, 0.15) is 0 Å². The van der Waals surface area contributed by atoms with Crippen LogP contribution in [-0.2, 0) is 0 Å². The second kappa shape index (κ2) is 10.1. The van der Waals surface area contributed by atoms with E-state index in [-0.39, 0.29) is 5.91 Å². The molecule has 1 aromatic heterocycles. The van der Waals surface area contributed by atoms with Gasteiger partial charge in [-0.2, -0.15) is 5.10 Å². The van der Waals surface area contributed by atoms with Crippen molar-refractivity contribution in [2.75, 3.05) is 14.2 Å². The maximum Gasteiger partial charge on any atom is 0.272 e. The Hall–Kier alpha value is -3.23. The lowest BCUT2D eigenvalue weighted by molar-refractivity contribution is 0.0956. The molecule has 0 spiro atoms. The summed E-state index contributed by atoms with van der Waals surface area (Å²) in [6.07, 6.45) is 1.55. The van der Waals surface area contributed by atoms with E-state index in [0.29, 0.717) is 22.8 Å². The third-order valence-corrected chi connectivity index (χ3v) is 6.05. The number of hydrogen-bond acceptors (Lipinski definition) is 5. The molecule has 1 heterocycles. The summed E-state index contributed by atoms with van der Waals surface area (Å²) >= 11 is 6.90. The third-order valence-electron chi connectivity index (χ3n) is 4.94. The fourth-order valence-corrected chi connectivity index (χ4v) is 4.26. The highest BCUT2D eigenvalue weighted by atomic mass is 79.9. The Labute approximate surface area is 207 Å². The van der Waals surface area contributed by atoms with Crippen molar-refractivity contribution in [3.05, 3.63) is 86.8 Å². The van der Waals surface area contributed by atoms with E-state index in [4.69, 9.17) is 14.5 Å². The van der Waals surface area contributed by atoms with E-state index in [0.717, 1.165) is 31.0 Å². The SMILES string of the molecule is COc1cc(/C=N\NC(=O)c2cc(-c3ccc(Br)cc3)nc3ccccc23)cc(Br)c1OC. The van der Waals surface area contributed by atoms with Gasteiger partial charge in [-0.3, -0.25) is 4.79 Å². The number of nitrogens with zero attached hydrogens (tertiary/aromatic N) is 2. The molecule has 4 aromatic rings. The van der Waals surface area contributed by atoms with E-state index in [1.54, 1.807) is 32.6 Å². The van der Waals surface area contributed by atoms with Crippen LogP contribution in [0, 0.1) is 0 Å². The van der Waals surface area contributed by atoms with Crippen LogP contribution in [0.4, 0.5) is 0 Å². The van der Waals surface area contributed by atoms with Gasteiger partial charge in [0.15, 0.2) is 11.5 Å². The number of ether oxygens (including phenoxy) is 2. The van der Waals surface area contributed by atoms with Gasteiger partial charge in [-0.05, 0) is 57.9 Å². The molecule has 8 heteroatoms. The molecular weight excluding hydrogens is 550 g/mol. The van der Waals surface area contributed by atoms with Crippen molar-refractivity contribution < 1.29 is 14.3 Å². The number of fused-ring (bicyclic) bond motifs is 1. The van der Waals surface area contributed by atoms with Gasteiger partial charge in [0.05, 0.1) is 41.7 Å². The first-order valence-corrected chi connectivity index (χ1v) is 11.5. The lowest BCUT2D eigenvalue weighted by Crippen LogP contribution is -2.18. The maximum atomic E-state index is 13.1. The Bertz CT molecular complexity index is 1360. The highest BCUT2D eigenvalue weighted by Crippen LogP contribution is 2.35.